The molecular weight excluding hydrogens is 190 g/mol. The third-order valence-electron chi connectivity index (χ3n) is 1.44. The zero-order valence-corrected chi connectivity index (χ0v) is 7.85. The summed E-state index contributed by atoms with van der Waals surface area (Å²) in [6.07, 6.45) is 0. The van der Waals surface area contributed by atoms with E-state index in [0.717, 1.165) is 5.56 Å². The second kappa shape index (κ2) is 4.00. The summed E-state index contributed by atoms with van der Waals surface area (Å²) < 4.78 is 0. The normalized spacial score (nSPS) is 9.38. The Morgan fingerprint density at radius 1 is 1.54 bits per heavy atom. The highest BCUT2D eigenvalue weighted by Crippen LogP contribution is 2.21. The van der Waals surface area contributed by atoms with Crippen LogP contribution in [0.25, 0.3) is 0 Å². The summed E-state index contributed by atoms with van der Waals surface area (Å²) >= 11 is 5.86. The van der Waals surface area contributed by atoms with Gasteiger partial charge in [-0.15, -0.1) is 0 Å². The number of hydrogen-bond donors (Lipinski definition) is 3. The van der Waals surface area contributed by atoms with Crippen LogP contribution in [-0.2, 0) is 0 Å². The Balaban J connectivity index is 2.72. The Kier molecular flexibility index (Phi) is 2.97. The van der Waals surface area contributed by atoms with Crippen molar-refractivity contribution in [1.82, 2.24) is 5.43 Å². The summed E-state index contributed by atoms with van der Waals surface area (Å²) in [7, 11) is 0. The maximum Gasteiger partial charge on any atom is 0.330 e. The first-order valence-electron chi connectivity index (χ1n) is 3.67. The number of urea groups is 1. The van der Waals surface area contributed by atoms with Gasteiger partial charge in [-0.25, -0.2) is 4.79 Å². The molecule has 0 saturated carbocycles. The fraction of sp³-hybridized carbons (Fsp3) is 0.125. The second-order valence-corrected chi connectivity index (χ2v) is 3.00. The zero-order valence-electron chi connectivity index (χ0n) is 7.10. The third kappa shape index (κ3) is 2.83. The number of nitrogens with two attached hydrogens (primary N) is 1. The van der Waals surface area contributed by atoms with Crippen LogP contribution in [0.15, 0.2) is 18.2 Å². The van der Waals surface area contributed by atoms with Crippen LogP contribution in [0.2, 0.25) is 5.02 Å². The Bertz CT molecular complexity index is 327. The molecule has 0 atom stereocenters. The van der Waals surface area contributed by atoms with Gasteiger partial charge in [-0.05, 0) is 24.6 Å². The number of amides is 2. The Morgan fingerprint density at radius 2 is 2.23 bits per heavy atom. The van der Waals surface area contributed by atoms with Crippen LogP contribution in [-0.4, -0.2) is 6.03 Å². The van der Waals surface area contributed by atoms with Crippen LogP contribution < -0.4 is 16.6 Å². The van der Waals surface area contributed by atoms with E-state index in [0.29, 0.717) is 10.7 Å². The smallest absolute Gasteiger partial charge is 0.330 e. The van der Waals surface area contributed by atoms with Gasteiger partial charge < -0.3 is 5.73 Å². The van der Waals surface area contributed by atoms with E-state index in [1.807, 2.05) is 13.0 Å². The number of primary amides is 1. The molecular formula is C8H10ClN3O. The molecule has 1 rings (SSSR count). The van der Waals surface area contributed by atoms with E-state index >= 15 is 0 Å². The van der Waals surface area contributed by atoms with Gasteiger partial charge in [0.05, 0.1) is 10.7 Å². The lowest BCUT2D eigenvalue weighted by atomic mass is 10.2. The zero-order chi connectivity index (χ0) is 9.84. The molecule has 0 aliphatic rings. The van der Waals surface area contributed by atoms with Gasteiger partial charge in [-0.2, -0.15) is 0 Å². The number of aryl methyl sites for hydroxylation is 1. The highest BCUT2D eigenvalue weighted by atomic mass is 35.5. The van der Waals surface area contributed by atoms with E-state index in [2.05, 4.69) is 10.9 Å². The number of nitrogens with one attached hydrogen (secondary N) is 2. The van der Waals surface area contributed by atoms with Gasteiger partial charge in [0.2, 0.25) is 0 Å². The van der Waals surface area contributed by atoms with E-state index in [-0.39, 0.29) is 0 Å². The highest BCUT2D eigenvalue weighted by Gasteiger charge is 1.99. The van der Waals surface area contributed by atoms with Crippen molar-refractivity contribution in [2.24, 2.45) is 5.73 Å². The number of halogens is 1. The topological polar surface area (TPSA) is 67.2 Å². The van der Waals surface area contributed by atoms with Crippen LogP contribution in [0.4, 0.5) is 10.5 Å². The molecule has 13 heavy (non-hydrogen) atoms. The molecule has 0 heterocycles. The molecule has 0 saturated heterocycles. The van der Waals surface area contributed by atoms with Crippen molar-refractivity contribution in [2.75, 3.05) is 5.43 Å². The van der Waals surface area contributed by atoms with Gasteiger partial charge in [0, 0.05) is 0 Å². The molecule has 0 aliphatic carbocycles. The van der Waals surface area contributed by atoms with Crippen molar-refractivity contribution < 1.29 is 4.79 Å². The van der Waals surface area contributed by atoms with E-state index in [1.165, 1.54) is 0 Å². The molecule has 0 radical (unpaired) electrons. The molecule has 0 fully saturated rings. The lowest BCUT2D eigenvalue weighted by Crippen LogP contribution is -2.34. The predicted octanol–water partition coefficient (Wildman–Crippen LogP) is 1.64. The summed E-state index contributed by atoms with van der Waals surface area (Å²) in [4.78, 5) is 10.4. The van der Waals surface area contributed by atoms with Gasteiger partial charge in [-0.3, -0.25) is 10.9 Å². The van der Waals surface area contributed by atoms with Crippen molar-refractivity contribution in [1.29, 1.82) is 0 Å². The summed E-state index contributed by atoms with van der Waals surface area (Å²) in [5.41, 5.74) is 11.3. The maximum absolute atomic E-state index is 10.4. The summed E-state index contributed by atoms with van der Waals surface area (Å²) in [5, 5.41) is 0.536. The summed E-state index contributed by atoms with van der Waals surface area (Å²) in [5.74, 6) is 0. The van der Waals surface area contributed by atoms with Gasteiger partial charge in [0.1, 0.15) is 0 Å². The Hall–Kier alpha value is -1.42. The van der Waals surface area contributed by atoms with Crippen LogP contribution in [0.5, 0.6) is 0 Å². The fourth-order valence-electron chi connectivity index (χ4n) is 0.850. The monoisotopic (exact) mass is 199 g/mol. The minimum atomic E-state index is -0.656. The number of carbonyl (C=O) groups excluding carboxylic acids is 1. The lowest BCUT2D eigenvalue weighted by molar-refractivity contribution is 0.250. The molecule has 70 valence electrons. The Labute approximate surface area is 81.0 Å². The first-order chi connectivity index (χ1) is 6.09. The molecule has 1 aromatic rings. The molecule has 4 N–H and O–H groups in total. The largest absolute Gasteiger partial charge is 0.350 e. The molecule has 4 nitrogen and oxygen atoms in total. The minimum absolute atomic E-state index is 0.536. The van der Waals surface area contributed by atoms with Gasteiger partial charge in [0.15, 0.2) is 0 Å². The Morgan fingerprint density at radius 3 is 2.77 bits per heavy atom. The number of hydrogen-bond acceptors (Lipinski definition) is 2. The first kappa shape index (κ1) is 9.67. The number of carbonyl (C=O) groups is 1. The van der Waals surface area contributed by atoms with Crippen LogP contribution in [0.1, 0.15) is 5.56 Å². The summed E-state index contributed by atoms with van der Waals surface area (Å²) in [6, 6.07) is 4.76. The molecule has 0 aromatic heterocycles. The van der Waals surface area contributed by atoms with Crippen molar-refractivity contribution in [2.45, 2.75) is 6.92 Å². The van der Waals surface area contributed by atoms with Crippen LogP contribution >= 0.6 is 11.6 Å². The number of hydrazine groups is 1. The van der Waals surface area contributed by atoms with Crippen molar-refractivity contribution in [3.05, 3.63) is 28.8 Å². The average molecular weight is 200 g/mol. The molecule has 1 aromatic carbocycles. The molecule has 0 bridgehead atoms. The standard InChI is InChI=1S/C8H10ClN3O/c1-5-2-3-7(6(9)4-5)11-12-8(10)13/h2-4,11H,1H3,(H3,10,12,13). The fourth-order valence-corrected chi connectivity index (χ4v) is 1.13. The molecule has 0 aliphatic heterocycles. The number of anilines is 1. The van der Waals surface area contributed by atoms with Gasteiger partial charge in [-0.1, -0.05) is 17.7 Å². The quantitative estimate of drug-likeness (QED) is 0.634. The average Bonchev–Trinajstić information content (AvgIpc) is 2.02. The lowest BCUT2D eigenvalue weighted by Gasteiger charge is -2.07. The van der Waals surface area contributed by atoms with E-state index in [9.17, 15) is 4.79 Å². The summed E-state index contributed by atoms with van der Waals surface area (Å²) in [6.45, 7) is 1.93. The van der Waals surface area contributed by atoms with E-state index in [4.69, 9.17) is 17.3 Å². The molecule has 5 heteroatoms. The van der Waals surface area contributed by atoms with E-state index in [1.54, 1.807) is 12.1 Å². The number of benzene rings is 1. The van der Waals surface area contributed by atoms with Crippen molar-refractivity contribution >= 4 is 23.3 Å². The van der Waals surface area contributed by atoms with E-state index < -0.39 is 6.03 Å². The predicted molar refractivity (Wildman–Crippen MR) is 52.5 cm³/mol. The van der Waals surface area contributed by atoms with Gasteiger partial charge >= 0.3 is 6.03 Å². The van der Waals surface area contributed by atoms with Crippen LogP contribution in [0.3, 0.4) is 0 Å². The molecule has 2 amide bonds. The highest BCUT2D eigenvalue weighted by molar-refractivity contribution is 6.33. The minimum Gasteiger partial charge on any atom is -0.350 e. The first-order valence-corrected chi connectivity index (χ1v) is 4.05. The van der Waals surface area contributed by atoms with Crippen molar-refractivity contribution in [3.63, 3.8) is 0 Å². The third-order valence-corrected chi connectivity index (χ3v) is 1.76. The molecule has 0 unspecified atom stereocenters. The SMILES string of the molecule is Cc1ccc(NNC(N)=O)c(Cl)c1. The second-order valence-electron chi connectivity index (χ2n) is 2.60. The van der Waals surface area contributed by atoms with Gasteiger partial charge in [0.25, 0.3) is 0 Å². The number of rotatable bonds is 2. The molecule has 0 spiro atoms. The van der Waals surface area contributed by atoms with Crippen LogP contribution in [0, 0.1) is 6.92 Å². The maximum atomic E-state index is 10.4. The van der Waals surface area contributed by atoms with Crippen molar-refractivity contribution in [3.8, 4) is 0 Å².